The summed E-state index contributed by atoms with van der Waals surface area (Å²) in [6.45, 7) is 10.2. The summed E-state index contributed by atoms with van der Waals surface area (Å²) < 4.78 is 17.5. The molecule has 2 aromatic rings. The molecule has 1 aromatic heterocycles. The van der Waals surface area contributed by atoms with E-state index in [1.54, 1.807) is 0 Å². The van der Waals surface area contributed by atoms with Gasteiger partial charge in [-0.1, -0.05) is 6.07 Å². The van der Waals surface area contributed by atoms with Crippen molar-refractivity contribution in [1.29, 1.82) is 0 Å². The molecule has 19 heavy (non-hydrogen) atoms. The minimum atomic E-state index is -0.363. The quantitative estimate of drug-likeness (QED) is 0.738. The van der Waals surface area contributed by atoms with E-state index in [2.05, 4.69) is 4.98 Å². The van der Waals surface area contributed by atoms with Gasteiger partial charge in [-0.2, -0.15) is 0 Å². The average Bonchev–Trinajstić information content (AvgIpc) is 2.82. The zero-order valence-corrected chi connectivity index (χ0v) is 12.0. The van der Waals surface area contributed by atoms with Crippen molar-refractivity contribution >= 4 is 23.7 Å². The third kappa shape index (κ3) is 1.88. The second-order valence-corrected chi connectivity index (χ2v) is 6.13. The van der Waals surface area contributed by atoms with Gasteiger partial charge in [-0.25, -0.2) is 4.98 Å². The smallest absolute Gasteiger partial charge is 0.443 e. The van der Waals surface area contributed by atoms with Crippen molar-refractivity contribution in [1.82, 2.24) is 4.98 Å². The first kappa shape index (κ1) is 12.7. The minimum absolute atomic E-state index is 0.331. The maximum atomic E-state index is 6.05. The molecule has 1 fully saturated rings. The minimum Gasteiger partial charge on any atom is -0.443 e. The van der Waals surface area contributed by atoms with Crippen LogP contribution in [0.1, 0.15) is 33.3 Å². The normalized spacial score (nSPS) is 21.2. The highest BCUT2D eigenvalue weighted by Gasteiger charge is 2.51. The fourth-order valence-electron chi connectivity index (χ4n) is 2.28. The summed E-state index contributed by atoms with van der Waals surface area (Å²) in [6.07, 6.45) is 1.46. The van der Waals surface area contributed by atoms with Crippen LogP contribution in [-0.4, -0.2) is 23.3 Å². The van der Waals surface area contributed by atoms with Crippen LogP contribution in [0, 0.1) is 6.92 Å². The molecule has 3 rings (SSSR count). The van der Waals surface area contributed by atoms with E-state index in [0.29, 0.717) is 0 Å². The summed E-state index contributed by atoms with van der Waals surface area (Å²) in [5, 5.41) is 0. The predicted molar refractivity (Wildman–Crippen MR) is 74.5 cm³/mol. The molecule has 4 nitrogen and oxygen atoms in total. The molecule has 0 atom stereocenters. The second-order valence-electron chi connectivity index (χ2n) is 6.13. The summed E-state index contributed by atoms with van der Waals surface area (Å²) in [5.74, 6) is 0. The van der Waals surface area contributed by atoms with Gasteiger partial charge in [-0.15, -0.1) is 0 Å². The van der Waals surface area contributed by atoms with E-state index >= 15 is 0 Å². The molecule has 0 saturated carbocycles. The van der Waals surface area contributed by atoms with E-state index < -0.39 is 0 Å². The van der Waals surface area contributed by atoms with Crippen molar-refractivity contribution < 1.29 is 13.7 Å². The molecule has 0 amide bonds. The Bertz CT molecular complexity index is 617. The maximum Gasteiger partial charge on any atom is 0.494 e. The zero-order chi connectivity index (χ0) is 13.8. The Balaban J connectivity index is 2.02. The molecule has 0 spiro atoms. The summed E-state index contributed by atoms with van der Waals surface area (Å²) in [7, 11) is -0.363. The molecule has 0 unspecified atom stereocenters. The van der Waals surface area contributed by atoms with Crippen LogP contribution < -0.4 is 5.46 Å². The molecular weight excluding hydrogens is 241 g/mol. The first-order valence-corrected chi connectivity index (χ1v) is 6.49. The van der Waals surface area contributed by atoms with E-state index in [0.717, 1.165) is 22.1 Å². The van der Waals surface area contributed by atoms with Crippen LogP contribution in [0.4, 0.5) is 0 Å². The van der Waals surface area contributed by atoms with Gasteiger partial charge in [0.2, 0.25) is 0 Å². The predicted octanol–water partition coefficient (Wildman–Crippen LogP) is 2.44. The summed E-state index contributed by atoms with van der Waals surface area (Å²) in [6, 6.07) is 3.99. The van der Waals surface area contributed by atoms with Crippen molar-refractivity contribution in [2.45, 2.75) is 45.8 Å². The van der Waals surface area contributed by atoms with E-state index in [4.69, 9.17) is 13.7 Å². The summed E-state index contributed by atoms with van der Waals surface area (Å²) >= 11 is 0. The third-order valence-corrected chi connectivity index (χ3v) is 4.17. The Morgan fingerprint density at radius 1 is 1.05 bits per heavy atom. The van der Waals surface area contributed by atoms with Gasteiger partial charge >= 0.3 is 7.12 Å². The lowest BCUT2D eigenvalue weighted by Gasteiger charge is -2.32. The Kier molecular flexibility index (Phi) is 2.56. The number of aromatic nitrogens is 1. The fourth-order valence-corrected chi connectivity index (χ4v) is 2.28. The molecule has 1 aliphatic heterocycles. The molecular formula is C14H18BNO3. The summed E-state index contributed by atoms with van der Waals surface area (Å²) in [5.41, 5.74) is 3.03. The van der Waals surface area contributed by atoms with Gasteiger partial charge in [0.1, 0.15) is 5.52 Å². The van der Waals surface area contributed by atoms with Crippen molar-refractivity contribution in [3.05, 3.63) is 24.1 Å². The highest BCUT2D eigenvalue weighted by atomic mass is 16.7. The highest BCUT2D eigenvalue weighted by Crippen LogP contribution is 2.36. The molecule has 0 N–H and O–H groups in total. The lowest BCUT2D eigenvalue weighted by Crippen LogP contribution is -2.41. The molecule has 1 saturated heterocycles. The van der Waals surface area contributed by atoms with E-state index in [9.17, 15) is 0 Å². The van der Waals surface area contributed by atoms with Crippen LogP contribution >= 0.6 is 0 Å². The topological polar surface area (TPSA) is 44.5 Å². The molecule has 0 aliphatic carbocycles. The van der Waals surface area contributed by atoms with Crippen LogP contribution in [0.2, 0.25) is 0 Å². The average molecular weight is 259 g/mol. The molecule has 2 heterocycles. The van der Waals surface area contributed by atoms with Gasteiger partial charge in [-0.05, 0) is 51.7 Å². The molecule has 1 aliphatic rings. The number of oxazole rings is 1. The van der Waals surface area contributed by atoms with Gasteiger partial charge in [0.15, 0.2) is 12.0 Å². The van der Waals surface area contributed by atoms with Gasteiger partial charge in [0.25, 0.3) is 0 Å². The van der Waals surface area contributed by atoms with Crippen molar-refractivity contribution in [3.63, 3.8) is 0 Å². The maximum absolute atomic E-state index is 6.05. The monoisotopic (exact) mass is 259 g/mol. The first-order valence-electron chi connectivity index (χ1n) is 6.49. The molecule has 1 aromatic carbocycles. The zero-order valence-electron chi connectivity index (χ0n) is 12.0. The van der Waals surface area contributed by atoms with E-state index in [-0.39, 0.29) is 18.3 Å². The van der Waals surface area contributed by atoms with Gasteiger partial charge < -0.3 is 13.7 Å². The van der Waals surface area contributed by atoms with Crippen molar-refractivity contribution in [3.8, 4) is 0 Å². The number of nitrogens with zero attached hydrogens (tertiary/aromatic N) is 1. The van der Waals surface area contributed by atoms with E-state index in [1.807, 2.05) is 46.8 Å². The fraction of sp³-hybridized carbons (Fsp3) is 0.500. The number of aryl methyl sites for hydroxylation is 1. The second kappa shape index (κ2) is 3.84. The lowest BCUT2D eigenvalue weighted by molar-refractivity contribution is 0.00578. The van der Waals surface area contributed by atoms with Crippen LogP contribution in [0.3, 0.4) is 0 Å². The molecule has 5 heteroatoms. The van der Waals surface area contributed by atoms with Crippen molar-refractivity contribution in [2.24, 2.45) is 0 Å². The van der Waals surface area contributed by atoms with E-state index in [1.165, 1.54) is 6.39 Å². The first-order chi connectivity index (χ1) is 8.80. The number of hydrogen-bond acceptors (Lipinski definition) is 4. The highest BCUT2D eigenvalue weighted by molar-refractivity contribution is 6.62. The van der Waals surface area contributed by atoms with Gasteiger partial charge in [0, 0.05) is 0 Å². The van der Waals surface area contributed by atoms with Crippen LogP contribution in [0.25, 0.3) is 11.1 Å². The van der Waals surface area contributed by atoms with Crippen molar-refractivity contribution in [2.75, 3.05) is 0 Å². The van der Waals surface area contributed by atoms with Crippen LogP contribution in [-0.2, 0) is 9.31 Å². The number of fused-ring (bicyclic) bond motifs is 1. The Labute approximate surface area is 113 Å². The van der Waals surface area contributed by atoms with Crippen LogP contribution in [0.15, 0.2) is 22.9 Å². The molecule has 0 bridgehead atoms. The Hall–Kier alpha value is -1.33. The Morgan fingerprint density at radius 3 is 2.32 bits per heavy atom. The number of hydrogen-bond donors (Lipinski definition) is 0. The molecule has 0 radical (unpaired) electrons. The van der Waals surface area contributed by atoms with Gasteiger partial charge in [0.05, 0.1) is 11.2 Å². The molecule has 100 valence electrons. The third-order valence-electron chi connectivity index (χ3n) is 4.17. The largest absolute Gasteiger partial charge is 0.494 e. The number of benzene rings is 1. The lowest BCUT2D eigenvalue weighted by atomic mass is 9.78. The standard InChI is InChI=1S/C14H18BNO3/c1-9-6-10(7-11-12(9)16-8-17-11)15-18-13(2,3)14(4,5)19-15/h6-8H,1-5H3. The number of rotatable bonds is 1. The van der Waals surface area contributed by atoms with Gasteiger partial charge in [-0.3, -0.25) is 0 Å². The Morgan fingerprint density at radius 2 is 1.68 bits per heavy atom. The van der Waals surface area contributed by atoms with Crippen LogP contribution in [0.5, 0.6) is 0 Å². The summed E-state index contributed by atoms with van der Waals surface area (Å²) in [4.78, 5) is 4.19. The SMILES string of the molecule is Cc1cc(B2OC(C)(C)C(C)(C)O2)cc2ocnc12.